The second kappa shape index (κ2) is 5.78. The van der Waals surface area contributed by atoms with E-state index in [0.717, 1.165) is 13.1 Å². The first-order valence-electron chi connectivity index (χ1n) is 4.01. The third kappa shape index (κ3) is 7.77. The van der Waals surface area contributed by atoms with Crippen LogP contribution in [0.5, 0.6) is 0 Å². The van der Waals surface area contributed by atoms with E-state index in [1.54, 1.807) is 7.05 Å². The summed E-state index contributed by atoms with van der Waals surface area (Å²) in [5.74, 6) is 0.688. The highest BCUT2D eigenvalue weighted by Crippen LogP contribution is 2.05. The quantitative estimate of drug-likeness (QED) is 0.287. The largest absolute Gasteiger partial charge is 0.394 e. The minimum Gasteiger partial charge on any atom is -0.370 e. The predicted molar refractivity (Wildman–Crippen MR) is 52.5 cm³/mol. The zero-order valence-corrected chi connectivity index (χ0v) is 8.74. The number of hydrogen-bond acceptors (Lipinski definition) is 3. The molecule has 1 aliphatic heterocycles. The smallest absolute Gasteiger partial charge is 0.370 e. The van der Waals surface area contributed by atoms with Gasteiger partial charge in [-0.15, -0.1) is 0 Å². The molecule has 4 N–H and O–H groups in total. The molecule has 1 heterocycles. The lowest BCUT2D eigenvalue weighted by molar-refractivity contribution is 0.381. The first-order valence-corrected chi connectivity index (χ1v) is 5.41. The minimum absolute atomic E-state index is 0.688. The van der Waals surface area contributed by atoms with E-state index in [1.165, 1.54) is 12.8 Å². The summed E-state index contributed by atoms with van der Waals surface area (Å²) in [4.78, 5) is 6.00. The van der Waals surface area contributed by atoms with Gasteiger partial charge in [0.15, 0.2) is 5.96 Å². The molecule has 1 fully saturated rings. The number of rotatable bonds is 0. The highest BCUT2D eigenvalue weighted by Gasteiger charge is 2.11. The molecule has 8 heteroatoms. The van der Waals surface area contributed by atoms with Gasteiger partial charge in [-0.3, -0.25) is 14.1 Å². The van der Waals surface area contributed by atoms with Crippen molar-refractivity contribution < 1.29 is 17.5 Å². The molecule has 0 atom stereocenters. The van der Waals surface area contributed by atoms with Crippen molar-refractivity contribution in [2.24, 2.45) is 10.7 Å². The highest BCUT2D eigenvalue weighted by atomic mass is 32.3. The molecule has 0 aliphatic carbocycles. The summed E-state index contributed by atoms with van der Waals surface area (Å²) in [7, 11) is -2.94. The minimum atomic E-state index is -4.67. The van der Waals surface area contributed by atoms with Gasteiger partial charge in [0, 0.05) is 20.1 Å². The molecule has 1 aliphatic rings. The van der Waals surface area contributed by atoms with Crippen molar-refractivity contribution >= 4 is 16.4 Å². The van der Waals surface area contributed by atoms with Crippen LogP contribution in [0.4, 0.5) is 0 Å². The molecule has 84 valence electrons. The van der Waals surface area contributed by atoms with Crippen LogP contribution in [0.3, 0.4) is 0 Å². The van der Waals surface area contributed by atoms with Crippen molar-refractivity contribution in [1.29, 1.82) is 0 Å². The fourth-order valence-corrected chi connectivity index (χ4v) is 1.09. The van der Waals surface area contributed by atoms with Crippen molar-refractivity contribution in [3.8, 4) is 0 Å². The number of aliphatic imine (C=N–C) groups is 1. The number of hydrogen-bond donors (Lipinski definition) is 3. The van der Waals surface area contributed by atoms with Gasteiger partial charge in [0.25, 0.3) is 0 Å². The Kier molecular flexibility index (Phi) is 5.43. The van der Waals surface area contributed by atoms with Gasteiger partial charge in [0.2, 0.25) is 0 Å². The van der Waals surface area contributed by atoms with Crippen LogP contribution in [0.2, 0.25) is 0 Å². The number of nitrogens with zero attached hydrogens (tertiary/aromatic N) is 2. The van der Waals surface area contributed by atoms with Gasteiger partial charge in [0.05, 0.1) is 0 Å². The lowest BCUT2D eigenvalue weighted by Crippen LogP contribution is -2.34. The van der Waals surface area contributed by atoms with Crippen LogP contribution in [0.25, 0.3) is 0 Å². The lowest BCUT2D eigenvalue weighted by atomic mass is 10.4. The van der Waals surface area contributed by atoms with Gasteiger partial charge < -0.3 is 10.6 Å². The predicted octanol–water partition coefficient (Wildman–Crippen LogP) is -0.626. The Morgan fingerprint density at radius 1 is 1.36 bits per heavy atom. The van der Waals surface area contributed by atoms with E-state index in [1.807, 2.05) is 0 Å². The molecule has 0 amide bonds. The summed E-state index contributed by atoms with van der Waals surface area (Å²) < 4.78 is 31.6. The zero-order chi connectivity index (χ0) is 11.2. The van der Waals surface area contributed by atoms with Gasteiger partial charge >= 0.3 is 10.4 Å². The van der Waals surface area contributed by atoms with Crippen LogP contribution in [0.1, 0.15) is 12.8 Å². The molecule has 1 rings (SSSR count). The molecule has 0 bridgehead atoms. The molecule has 7 nitrogen and oxygen atoms in total. The van der Waals surface area contributed by atoms with Crippen LogP contribution < -0.4 is 5.73 Å². The first-order chi connectivity index (χ1) is 6.34. The molecule has 1 saturated heterocycles. The van der Waals surface area contributed by atoms with Gasteiger partial charge in [-0.25, -0.2) is 0 Å². The van der Waals surface area contributed by atoms with Crippen LogP contribution >= 0.6 is 0 Å². The van der Waals surface area contributed by atoms with E-state index in [9.17, 15) is 0 Å². The second-order valence-electron chi connectivity index (χ2n) is 2.72. The summed E-state index contributed by atoms with van der Waals surface area (Å²) in [5, 5.41) is 0. The van der Waals surface area contributed by atoms with E-state index in [0.29, 0.717) is 5.96 Å². The Bertz CT molecular complexity index is 273. The van der Waals surface area contributed by atoms with E-state index in [-0.39, 0.29) is 0 Å². The Labute approximate surface area is 83.2 Å². The Hall–Kier alpha value is -0.860. The van der Waals surface area contributed by atoms with Gasteiger partial charge in [-0.1, -0.05) is 0 Å². The van der Waals surface area contributed by atoms with Gasteiger partial charge in [-0.2, -0.15) is 8.42 Å². The highest BCUT2D eigenvalue weighted by molar-refractivity contribution is 7.79. The molecule has 0 spiro atoms. The lowest BCUT2D eigenvalue weighted by Gasteiger charge is -2.14. The van der Waals surface area contributed by atoms with Crippen molar-refractivity contribution in [3.63, 3.8) is 0 Å². The summed E-state index contributed by atoms with van der Waals surface area (Å²) in [6, 6.07) is 0. The number of likely N-dealkylation sites (tertiary alicyclic amines) is 1. The molecule has 0 unspecified atom stereocenters. The van der Waals surface area contributed by atoms with E-state index >= 15 is 0 Å². The molecule has 0 aromatic rings. The monoisotopic (exact) mass is 225 g/mol. The topological polar surface area (TPSA) is 116 Å². The molecule has 0 aromatic carbocycles. The normalized spacial score (nSPS) is 17.6. The fourth-order valence-electron chi connectivity index (χ4n) is 1.09. The average Bonchev–Trinajstić information content (AvgIpc) is 2.51. The van der Waals surface area contributed by atoms with Crippen molar-refractivity contribution in [1.82, 2.24) is 4.90 Å². The van der Waals surface area contributed by atoms with Crippen LogP contribution in [0, 0.1) is 0 Å². The van der Waals surface area contributed by atoms with Gasteiger partial charge in [0.1, 0.15) is 0 Å². The third-order valence-electron chi connectivity index (χ3n) is 1.66. The third-order valence-corrected chi connectivity index (χ3v) is 1.66. The number of guanidine groups is 1. The Morgan fingerprint density at radius 3 is 2.00 bits per heavy atom. The summed E-state index contributed by atoms with van der Waals surface area (Å²) in [6.07, 6.45) is 2.52. The standard InChI is InChI=1S/C6H13N3.H2O4S/c1-8-6(7)9-4-2-3-5-9;1-5(2,3)4/h2-5H2,1H3,(H2,7,8);(H2,1,2,3,4). The summed E-state index contributed by atoms with van der Waals surface area (Å²) in [6.45, 7) is 2.17. The van der Waals surface area contributed by atoms with Crippen LogP contribution in [-0.2, 0) is 10.4 Å². The van der Waals surface area contributed by atoms with Crippen molar-refractivity contribution in [3.05, 3.63) is 0 Å². The van der Waals surface area contributed by atoms with Crippen molar-refractivity contribution in [2.45, 2.75) is 12.8 Å². The summed E-state index contributed by atoms with van der Waals surface area (Å²) in [5.41, 5.74) is 5.55. The Balaban J connectivity index is 0.000000292. The maximum Gasteiger partial charge on any atom is 0.394 e. The molecule has 0 aromatic heterocycles. The number of nitrogens with two attached hydrogens (primary N) is 1. The second-order valence-corrected chi connectivity index (χ2v) is 3.62. The molecular formula is C6H15N3O4S. The first kappa shape index (κ1) is 13.1. The van der Waals surface area contributed by atoms with E-state index < -0.39 is 10.4 Å². The van der Waals surface area contributed by atoms with Gasteiger partial charge in [-0.05, 0) is 12.8 Å². The van der Waals surface area contributed by atoms with E-state index in [2.05, 4.69) is 9.89 Å². The SMILES string of the molecule is CN=C(N)N1CCCC1.O=S(=O)(O)O. The van der Waals surface area contributed by atoms with Crippen LogP contribution in [-0.4, -0.2) is 48.5 Å². The molecule has 14 heavy (non-hydrogen) atoms. The Morgan fingerprint density at radius 2 is 1.71 bits per heavy atom. The maximum absolute atomic E-state index is 8.74. The average molecular weight is 225 g/mol. The molecule has 0 radical (unpaired) electrons. The maximum atomic E-state index is 8.74. The summed E-state index contributed by atoms with van der Waals surface area (Å²) >= 11 is 0. The van der Waals surface area contributed by atoms with Crippen molar-refractivity contribution in [2.75, 3.05) is 20.1 Å². The fraction of sp³-hybridized carbons (Fsp3) is 0.833. The molecular weight excluding hydrogens is 210 g/mol. The zero-order valence-electron chi connectivity index (χ0n) is 7.92. The van der Waals surface area contributed by atoms with Crippen LogP contribution in [0.15, 0.2) is 4.99 Å². The van der Waals surface area contributed by atoms with E-state index in [4.69, 9.17) is 23.3 Å². The molecule has 0 saturated carbocycles.